The number of H-pyrrole nitrogens is 1. The largest absolute Gasteiger partial charge is 0.493 e. The number of aromatic amines is 1. The molecule has 6 heteroatoms. The van der Waals surface area contributed by atoms with Crippen LogP contribution in [0.25, 0.3) is 10.9 Å². The first-order valence-corrected chi connectivity index (χ1v) is 7.54. The van der Waals surface area contributed by atoms with Gasteiger partial charge in [0, 0.05) is 24.5 Å². The number of fused-ring (bicyclic) bond motifs is 1. The van der Waals surface area contributed by atoms with Gasteiger partial charge in [-0.3, -0.25) is 9.89 Å². The molecule has 1 N–H and O–H groups in total. The average Bonchev–Trinajstić information content (AvgIpc) is 3.04. The van der Waals surface area contributed by atoms with Gasteiger partial charge in [0.1, 0.15) is 0 Å². The molecule has 0 aliphatic heterocycles. The van der Waals surface area contributed by atoms with Crippen molar-refractivity contribution in [3.05, 3.63) is 53.7 Å². The third-order valence-electron chi connectivity index (χ3n) is 3.91. The van der Waals surface area contributed by atoms with E-state index in [9.17, 15) is 4.79 Å². The Kier molecular flexibility index (Phi) is 4.37. The first-order valence-electron chi connectivity index (χ1n) is 7.54. The monoisotopic (exact) mass is 325 g/mol. The topological polar surface area (TPSA) is 67.5 Å². The molecule has 0 saturated carbocycles. The lowest BCUT2D eigenvalue weighted by molar-refractivity contribution is 0.0780. The molecule has 6 nitrogen and oxygen atoms in total. The summed E-state index contributed by atoms with van der Waals surface area (Å²) in [6, 6.07) is 13.2. The molecule has 0 aliphatic rings. The predicted molar refractivity (Wildman–Crippen MR) is 91.4 cm³/mol. The number of nitrogens with zero attached hydrogens (tertiary/aromatic N) is 2. The van der Waals surface area contributed by atoms with Gasteiger partial charge >= 0.3 is 0 Å². The molecule has 0 unspecified atom stereocenters. The van der Waals surface area contributed by atoms with Crippen LogP contribution in [0.4, 0.5) is 0 Å². The van der Waals surface area contributed by atoms with Gasteiger partial charge in [-0.15, -0.1) is 0 Å². The SMILES string of the molecule is COc1cccc(CN(C)C(=O)c2n[nH]c3ccccc23)c1OC. The summed E-state index contributed by atoms with van der Waals surface area (Å²) in [6.07, 6.45) is 0. The molecule has 1 amide bonds. The second kappa shape index (κ2) is 6.62. The lowest BCUT2D eigenvalue weighted by Gasteiger charge is -2.19. The van der Waals surface area contributed by atoms with Crippen LogP contribution in [0, 0.1) is 0 Å². The molecular formula is C18H19N3O3. The minimum atomic E-state index is -0.155. The second-order valence-corrected chi connectivity index (χ2v) is 5.43. The minimum Gasteiger partial charge on any atom is -0.493 e. The summed E-state index contributed by atoms with van der Waals surface area (Å²) >= 11 is 0. The zero-order valence-corrected chi connectivity index (χ0v) is 13.9. The standard InChI is InChI=1S/C18H19N3O3/c1-21(11-12-7-6-10-15(23-2)17(12)24-3)18(22)16-13-8-4-5-9-14(13)19-20-16/h4-10H,11H2,1-3H3,(H,19,20). The van der Waals surface area contributed by atoms with Gasteiger partial charge in [0.25, 0.3) is 5.91 Å². The molecule has 0 radical (unpaired) electrons. The van der Waals surface area contributed by atoms with Gasteiger partial charge in [0.15, 0.2) is 17.2 Å². The van der Waals surface area contributed by atoms with Crippen LogP contribution in [0.2, 0.25) is 0 Å². The highest BCUT2D eigenvalue weighted by Gasteiger charge is 2.20. The van der Waals surface area contributed by atoms with Crippen LogP contribution in [0.5, 0.6) is 11.5 Å². The molecule has 0 aliphatic carbocycles. The smallest absolute Gasteiger partial charge is 0.275 e. The zero-order chi connectivity index (χ0) is 17.1. The van der Waals surface area contributed by atoms with E-state index < -0.39 is 0 Å². The van der Waals surface area contributed by atoms with Gasteiger partial charge < -0.3 is 14.4 Å². The molecule has 0 fully saturated rings. The van der Waals surface area contributed by atoms with Crippen LogP contribution in [-0.2, 0) is 6.54 Å². The lowest BCUT2D eigenvalue weighted by atomic mass is 10.1. The molecule has 2 aromatic carbocycles. The van der Waals surface area contributed by atoms with E-state index >= 15 is 0 Å². The maximum atomic E-state index is 12.7. The summed E-state index contributed by atoms with van der Waals surface area (Å²) in [7, 11) is 4.92. The van der Waals surface area contributed by atoms with E-state index in [2.05, 4.69) is 10.2 Å². The third-order valence-corrected chi connectivity index (χ3v) is 3.91. The van der Waals surface area contributed by atoms with Gasteiger partial charge in [-0.1, -0.05) is 30.3 Å². The molecule has 1 aromatic heterocycles. The van der Waals surface area contributed by atoms with Crippen molar-refractivity contribution >= 4 is 16.8 Å². The van der Waals surface area contributed by atoms with Crippen molar-refractivity contribution < 1.29 is 14.3 Å². The normalized spacial score (nSPS) is 10.6. The van der Waals surface area contributed by atoms with Crippen molar-refractivity contribution in [1.29, 1.82) is 0 Å². The number of ether oxygens (including phenoxy) is 2. The predicted octanol–water partition coefficient (Wildman–Crippen LogP) is 2.85. The fourth-order valence-corrected chi connectivity index (χ4v) is 2.71. The maximum Gasteiger partial charge on any atom is 0.275 e. The maximum absolute atomic E-state index is 12.7. The van der Waals surface area contributed by atoms with Gasteiger partial charge in [-0.25, -0.2) is 0 Å². The molecular weight excluding hydrogens is 306 g/mol. The number of para-hydroxylation sites is 2. The Morgan fingerprint density at radius 1 is 1.12 bits per heavy atom. The van der Waals surface area contributed by atoms with E-state index in [0.29, 0.717) is 23.7 Å². The molecule has 1 heterocycles. The number of aromatic nitrogens is 2. The number of hydrogen-bond donors (Lipinski definition) is 1. The second-order valence-electron chi connectivity index (χ2n) is 5.43. The van der Waals surface area contributed by atoms with Crippen molar-refractivity contribution in [2.24, 2.45) is 0 Å². The number of rotatable bonds is 5. The Labute approximate surface area is 140 Å². The van der Waals surface area contributed by atoms with Crippen LogP contribution < -0.4 is 9.47 Å². The van der Waals surface area contributed by atoms with Crippen LogP contribution >= 0.6 is 0 Å². The molecule has 0 saturated heterocycles. The minimum absolute atomic E-state index is 0.155. The van der Waals surface area contributed by atoms with Crippen LogP contribution in [-0.4, -0.2) is 42.3 Å². The molecule has 3 aromatic rings. The summed E-state index contributed by atoms with van der Waals surface area (Å²) in [6.45, 7) is 0.389. The van der Waals surface area contributed by atoms with E-state index in [1.54, 1.807) is 26.2 Å². The number of carbonyl (C=O) groups excluding carboxylic acids is 1. The highest BCUT2D eigenvalue weighted by atomic mass is 16.5. The number of benzene rings is 2. The lowest BCUT2D eigenvalue weighted by Crippen LogP contribution is -2.27. The average molecular weight is 325 g/mol. The van der Waals surface area contributed by atoms with E-state index in [1.165, 1.54) is 0 Å². The molecule has 124 valence electrons. The molecule has 0 bridgehead atoms. The summed E-state index contributed by atoms with van der Waals surface area (Å²) in [4.78, 5) is 14.4. The van der Waals surface area contributed by atoms with Gasteiger partial charge in [0.05, 0.1) is 19.7 Å². The summed E-state index contributed by atoms with van der Waals surface area (Å²) < 4.78 is 10.7. The molecule has 0 spiro atoms. The van der Waals surface area contributed by atoms with E-state index in [-0.39, 0.29) is 5.91 Å². The van der Waals surface area contributed by atoms with Crippen molar-refractivity contribution in [2.45, 2.75) is 6.54 Å². The number of methoxy groups -OCH3 is 2. The van der Waals surface area contributed by atoms with Crippen molar-refractivity contribution in [1.82, 2.24) is 15.1 Å². The van der Waals surface area contributed by atoms with Crippen molar-refractivity contribution in [3.63, 3.8) is 0 Å². The Bertz CT molecular complexity index is 873. The van der Waals surface area contributed by atoms with Crippen molar-refractivity contribution in [2.75, 3.05) is 21.3 Å². The molecule has 3 rings (SSSR count). The van der Waals surface area contributed by atoms with E-state index in [0.717, 1.165) is 16.5 Å². The Morgan fingerprint density at radius 2 is 1.92 bits per heavy atom. The van der Waals surface area contributed by atoms with Gasteiger partial charge in [-0.2, -0.15) is 5.10 Å². The Balaban J connectivity index is 1.87. The number of nitrogens with one attached hydrogen (secondary N) is 1. The highest BCUT2D eigenvalue weighted by molar-refractivity contribution is 6.04. The first-order chi connectivity index (χ1) is 11.7. The Hall–Kier alpha value is -3.02. The Morgan fingerprint density at radius 3 is 2.67 bits per heavy atom. The van der Waals surface area contributed by atoms with Gasteiger partial charge in [0.2, 0.25) is 0 Å². The summed E-state index contributed by atoms with van der Waals surface area (Å²) in [5, 5.41) is 7.86. The molecule has 24 heavy (non-hydrogen) atoms. The van der Waals surface area contributed by atoms with Crippen molar-refractivity contribution in [3.8, 4) is 11.5 Å². The zero-order valence-electron chi connectivity index (χ0n) is 13.9. The van der Waals surface area contributed by atoms with Crippen LogP contribution in [0.1, 0.15) is 16.1 Å². The number of amides is 1. The van der Waals surface area contributed by atoms with E-state index in [4.69, 9.17) is 9.47 Å². The third kappa shape index (κ3) is 2.78. The quantitative estimate of drug-likeness (QED) is 0.783. The molecule has 0 atom stereocenters. The first kappa shape index (κ1) is 15.9. The fraction of sp³-hybridized carbons (Fsp3) is 0.222. The number of hydrogen-bond acceptors (Lipinski definition) is 4. The number of carbonyl (C=O) groups is 1. The van der Waals surface area contributed by atoms with Gasteiger partial charge in [-0.05, 0) is 12.1 Å². The highest BCUT2D eigenvalue weighted by Crippen LogP contribution is 2.31. The van der Waals surface area contributed by atoms with Crippen LogP contribution in [0.3, 0.4) is 0 Å². The fourth-order valence-electron chi connectivity index (χ4n) is 2.71. The summed E-state index contributed by atoms with van der Waals surface area (Å²) in [5.74, 6) is 1.12. The summed E-state index contributed by atoms with van der Waals surface area (Å²) in [5.41, 5.74) is 2.12. The van der Waals surface area contributed by atoms with E-state index in [1.807, 2.05) is 42.5 Å². The van der Waals surface area contributed by atoms with Crippen LogP contribution in [0.15, 0.2) is 42.5 Å².